The van der Waals surface area contributed by atoms with Crippen LogP contribution in [0.1, 0.15) is 0 Å². The highest BCUT2D eigenvalue weighted by atomic mass is 32.2. The zero-order chi connectivity index (χ0) is 9.97. The molecule has 1 N–H and O–H groups in total. The van der Waals surface area contributed by atoms with E-state index in [1.165, 1.54) is 11.8 Å². The molecule has 0 radical (unpaired) electrons. The lowest BCUT2D eigenvalue weighted by Crippen LogP contribution is -1.92. The lowest BCUT2D eigenvalue weighted by Gasteiger charge is -1.94. The largest absolute Gasteiger partial charge is 0.417 e. The first-order valence-corrected chi connectivity index (χ1v) is 4.91. The van der Waals surface area contributed by atoms with Crippen LogP contribution in [0.5, 0.6) is 0 Å². The van der Waals surface area contributed by atoms with Gasteiger partial charge in [-0.25, -0.2) is 4.79 Å². The summed E-state index contributed by atoms with van der Waals surface area (Å²) in [6.07, 6.45) is 0. The normalized spacial score (nSPS) is 10.2. The smallest absolute Gasteiger partial charge is 0.408 e. The zero-order valence-corrected chi connectivity index (χ0v) is 7.93. The number of hydrogen-bond donors (Lipinski definition) is 1. The molecule has 1 heterocycles. The summed E-state index contributed by atoms with van der Waals surface area (Å²) in [6, 6.07) is 7.37. The van der Waals surface area contributed by atoms with Crippen molar-refractivity contribution in [2.45, 2.75) is 4.90 Å². The first-order valence-electron chi connectivity index (χ1n) is 3.92. The van der Waals surface area contributed by atoms with Crippen LogP contribution in [0.2, 0.25) is 0 Å². The summed E-state index contributed by atoms with van der Waals surface area (Å²) in [5.74, 6) is -0.0597. The van der Waals surface area contributed by atoms with Gasteiger partial charge in [0.1, 0.15) is 0 Å². The number of rotatable bonds is 2. The Hall–Kier alpha value is -1.67. The van der Waals surface area contributed by atoms with Crippen molar-refractivity contribution in [3.05, 3.63) is 28.7 Å². The molecule has 0 fully saturated rings. The molecule has 0 bridgehead atoms. The van der Waals surface area contributed by atoms with Crippen molar-refractivity contribution in [1.82, 2.24) is 4.98 Å². The third-order valence-electron chi connectivity index (χ3n) is 1.69. The number of hydrogen-bond acceptors (Lipinski definition) is 4. The summed E-state index contributed by atoms with van der Waals surface area (Å²) in [5.41, 5.74) is 1.20. The highest BCUT2D eigenvalue weighted by Gasteiger charge is 2.01. The fourth-order valence-electron chi connectivity index (χ4n) is 1.14. The first kappa shape index (κ1) is 8.91. The molecule has 0 atom stereocenters. The predicted octanol–water partition coefficient (Wildman–Crippen LogP) is 1.74. The molecule has 5 heteroatoms. The SMILES string of the molecule is N#CCSc1ccc2oc(=O)[nH]c2c1. The number of fused-ring (bicyclic) bond motifs is 1. The second-order valence-corrected chi connectivity index (χ2v) is 3.67. The number of benzene rings is 1. The minimum atomic E-state index is -0.456. The molecule has 0 amide bonds. The van der Waals surface area contributed by atoms with Crippen molar-refractivity contribution < 1.29 is 4.42 Å². The van der Waals surface area contributed by atoms with Crippen LogP contribution in [0.25, 0.3) is 11.1 Å². The van der Waals surface area contributed by atoms with Gasteiger partial charge in [0.25, 0.3) is 0 Å². The predicted molar refractivity (Wildman–Crippen MR) is 53.2 cm³/mol. The van der Waals surface area contributed by atoms with Crippen LogP contribution in [0, 0.1) is 11.3 Å². The lowest BCUT2D eigenvalue weighted by atomic mass is 10.3. The van der Waals surface area contributed by atoms with Gasteiger partial charge >= 0.3 is 5.76 Å². The van der Waals surface area contributed by atoms with Gasteiger partial charge in [-0.2, -0.15) is 5.26 Å². The van der Waals surface area contributed by atoms with E-state index >= 15 is 0 Å². The van der Waals surface area contributed by atoms with Gasteiger partial charge in [0.05, 0.1) is 17.3 Å². The Balaban J connectivity index is 2.41. The van der Waals surface area contributed by atoms with Gasteiger partial charge in [-0.3, -0.25) is 4.98 Å². The number of aromatic amines is 1. The number of oxazole rings is 1. The standard InChI is InChI=1S/C9H6N2O2S/c10-3-4-14-6-1-2-8-7(5-6)11-9(12)13-8/h1-2,5H,4H2,(H,11,12). The molecule has 0 saturated heterocycles. The van der Waals surface area contributed by atoms with E-state index in [1.807, 2.05) is 12.1 Å². The number of H-pyrrole nitrogens is 1. The Morgan fingerprint density at radius 1 is 1.57 bits per heavy atom. The molecule has 0 saturated carbocycles. The molecule has 2 rings (SSSR count). The average molecular weight is 206 g/mol. The summed E-state index contributed by atoms with van der Waals surface area (Å²) < 4.78 is 4.84. The molecule has 14 heavy (non-hydrogen) atoms. The molecule has 0 unspecified atom stereocenters. The van der Waals surface area contributed by atoms with E-state index in [0.717, 1.165) is 4.90 Å². The third-order valence-corrected chi connectivity index (χ3v) is 2.55. The van der Waals surface area contributed by atoms with E-state index in [2.05, 4.69) is 4.98 Å². The van der Waals surface area contributed by atoms with Gasteiger partial charge in [-0.05, 0) is 18.2 Å². The fourth-order valence-corrected chi connectivity index (χ4v) is 1.73. The van der Waals surface area contributed by atoms with E-state index < -0.39 is 5.76 Å². The van der Waals surface area contributed by atoms with Crippen LogP contribution in [-0.4, -0.2) is 10.7 Å². The summed E-state index contributed by atoms with van der Waals surface area (Å²) in [7, 11) is 0. The Kier molecular flexibility index (Phi) is 2.29. The maximum Gasteiger partial charge on any atom is 0.417 e. The number of thioether (sulfide) groups is 1. The number of nitriles is 1. The second kappa shape index (κ2) is 3.60. The molecule has 70 valence electrons. The summed E-state index contributed by atoms with van der Waals surface area (Å²) >= 11 is 1.42. The molecule has 2 aromatic rings. The van der Waals surface area contributed by atoms with E-state index in [-0.39, 0.29) is 0 Å². The van der Waals surface area contributed by atoms with Crippen molar-refractivity contribution in [3.63, 3.8) is 0 Å². The molecule has 1 aromatic heterocycles. The van der Waals surface area contributed by atoms with Gasteiger partial charge in [0, 0.05) is 4.90 Å². The van der Waals surface area contributed by atoms with Crippen molar-refractivity contribution in [1.29, 1.82) is 5.26 Å². The highest BCUT2D eigenvalue weighted by molar-refractivity contribution is 7.99. The maximum absolute atomic E-state index is 10.8. The van der Waals surface area contributed by atoms with Crippen molar-refractivity contribution in [3.8, 4) is 6.07 Å². The summed E-state index contributed by atoms with van der Waals surface area (Å²) in [6.45, 7) is 0. The van der Waals surface area contributed by atoms with Gasteiger partial charge in [0.2, 0.25) is 0 Å². The van der Waals surface area contributed by atoms with Crippen molar-refractivity contribution in [2.24, 2.45) is 0 Å². The first-order chi connectivity index (χ1) is 6.79. The third kappa shape index (κ3) is 1.65. The van der Waals surface area contributed by atoms with Crippen LogP contribution in [0.3, 0.4) is 0 Å². The number of nitrogens with zero attached hydrogens (tertiary/aromatic N) is 1. The second-order valence-electron chi connectivity index (χ2n) is 2.62. The Morgan fingerprint density at radius 2 is 2.43 bits per heavy atom. The zero-order valence-electron chi connectivity index (χ0n) is 7.11. The van der Waals surface area contributed by atoms with E-state index in [4.69, 9.17) is 9.68 Å². The van der Waals surface area contributed by atoms with Crippen molar-refractivity contribution >= 4 is 22.9 Å². The molecule has 4 nitrogen and oxygen atoms in total. The molecule has 0 aliphatic rings. The van der Waals surface area contributed by atoms with Gasteiger partial charge in [-0.1, -0.05) is 0 Å². The van der Waals surface area contributed by atoms with Crippen molar-refractivity contribution in [2.75, 3.05) is 5.75 Å². The number of aromatic nitrogens is 1. The van der Waals surface area contributed by atoms with Gasteiger partial charge < -0.3 is 4.42 Å². The molecule has 0 spiro atoms. The minimum Gasteiger partial charge on any atom is -0.408 e. The highest BCUT2D eigenvalue weighted by Crippen LogP contribution is 2.21. The quantitative estimate of drug-likeness (QED) is 0.760. The maximum atomic E-state index is 10.8. The summed E-state index contributed by atoms with van der Waals surface area (Å²) in [5, 5.41) is 8.40. The van der Waals surface area contributed by atoms with Crippen LogP contribution in [0.15, 0.2) is 32.3 Å². The summed E-state index contributed by atoms with van der Waals surface area (Å²) in [4.78, 5) is 14.3. The van der Waals surface area contributed by atoms with Gasteiger partial charge in [0.15, 0.2) is 5.58 Å². The Bertz CT molecular complexity index is 550. The molecular weight excluding hydrogens is 200 g/mol. The minimum absolute atomic E-state index is 0.396. The Morgan fingerprint density at radius 3 is 3.21 bits per heavy atom. The topological polar surface area (TPSA) is 69.8 Å². The monoisotopic (exact) mass is 206 g/mol. The molecular formula is C9H6N2O2S. The Labute approximate surface area is 83.5 Å². The van der Waals surface area contributed by atoms with E-state index in [0.29, 0.717) is 16.9 Å². The van der Waals surface area contributed by atoms with E-state index in [9.17, 15) is 4.79 Å². The van der Waals surface area contributed by atoms with E-state index in [1.54, 1.807) is 12.1 Å². The fraction of sp³-hybridized carbons (Fsp3) is 0.111. The van der Waals surface area contributed by atoms with Gasteiger partial charge in [-0.15, -0.1) is 11.8 Å². The van der Waals surface area contributed by atoms with Crippen LogP contribution < -0.4 is 5.76 Å². The lowest BCUT2D eigenvalue weighted by molar-refractivity contribution is 0.555. The van der Waals surface area contributed by atoms with Crippen LogP contribution in [-0.2, 0) is 0 Å². The molecule has 0 aliphatic heterocycles. The molecule has 0 aliphatic carbocycles. The average Bonchev–Trinajstić information content (AvgIpc) is 2.54. The number of nitrogens with one attached hydrogen (secondary N) is 1. The van der Waals surface area contributed by atoms with Crippen LogP contribution >= 0.6 is 11.8 Å². The van der Waals surface area contributed by atoms with Crippen LogP contribution in [0.4, 0.5) is 0 Å². The molecule has 1 aromatic carbocycles.